The predicted octanol–water partition coefficient (Wildman–Crippen LogP) is 4.46. The van der Waals surface area contributed by atoms with Crippen LogP contribution < -0.4 is 5.56 Å². The molecule has 0 radical (unpaired) electrons. The summed E-state index contributed by atoms with van der Waals surface area (Å²) in [6, 6.07) is 10.3. The fraction of sp³-hybridized carbons (Fsp3) is 0.333. The van der Waals surface area contributed by atoms with Crippen molar-refractivity contribution < 1.29 is 0 Å². The van der Waals surface area contributed by atoms with E-state index >= 15 is 0 Å². The zero-order valence-electron chi connectivity index (χ0n) is 18.1. The van der Waals surface area contributed by atoms with Gasteiger partial charge < -0.3 is 0 Å². The number of benzene rings is 2. The summed E-state index contributed by atoms with van der Waals surface area (Å²) in [4.78, 5) is 18.1. The molecule has 2 aromatic carbocycles. The van der Waals surface area contributed by atoms with E-state index in [4.69, 9.17) is 10.2 Å². The largest absolute Gasteiger partial charge is 0.293 e. The van der Waals surface area contributed by atoms with Crippen molar-refractivity contribution in [3.05, 3.63) is 58.3 Å². The number of aryl methyl sites for hydroxylation is 3. The highest BCUT2D eigenvalue weighted by atomic mass is 16.1. The Bertz CT molecular complexity index is 1420. The standard InChI is InChI=1S/C24H24BN5O/c1-15-10-18(11-19-13-29(3)28-23(15)19)17-4-5-21-22(12-17)27-16(2)30(24(21)31)20-6-8-25(14-26)9-7-20/h4-5,10-13,20H,6-9H2,1-3H3. The minimum Gasteiger partial charge on any atom is -0.293 e. The Morgan fingerprint density at radius 2 is 1.90 bits per heavy atom. The highest BCUT2D eigenvalue weighted by molar-refractivity contribution is 6.67. The van der Waals surface area contributed by atoms with Gasteiger partial charge >= 0.3 is 0 Å². The van der Waals surface area contributed by atoms with Crippen LogP contribution in [0.4, 0.5) is 0 Å². The highest BCUT2D eigenvalue weighted by Gasteiger charge is 2.27. The van der Waals surface area contributed by atoms with Crippen LogP contribution in [0.3, 0.4) is 0 Å². The smallest absolute Gasteiger partial charge is 0.268 e. The molecule has 0 spiro atoms. The molecule has 1 aliphatic heterocycles. The maximum atomic E-state index is 13.3. The van der Waals surface area contributed by atoms with Gasteiger partial charge in [0, 0.05) is 30.6 Å². The Hall–Kier alpha value is -3.40. The molecule has 31 heavy (non-hydrogen) atoms. The van der Waals surface area contributed by atoms with Crippen molar-refractivity contribution in [1.29, 1.82) is 5.26 Å². The Morgan fingerprint density at radius 1 is 1.13 bits per heavy atom. The van der Waals surface area contributed by atoms with Gasteiger partial charge in [-0.15, -0.1) is 0 Å². The van der Waals surface area contributed by atoms with Crippen LogP contribution in [0.2, 0.25) is 12.6 Å². The first-order valence-corrected chi connectivity index (χ1v) is 10.8. The minimum atomic E-state index is 0.0216. The van der Waals surface area contributed by atoms with Crippen molar-refractivity contribution in [2.45, 2.75) is 45.4 Å². The molecule has 5 rings (SSSR count). The van der Waals surface area contributed by atoms with Gasteiger partial charge in [0.25, 0.3) is 12.3 Å². The Balaban J connectivity index is 1.57. The maximum absolute atomic E-state index is 13.3. The van der Waals surface area contributed by atoms with Crippen molar-refractivity contribution in [3.8, 4) is 17.1 Å². The molecule has 154 valence electrons. The quantitative estimate of drug-likeness (QED) is 0.458. The molecule has 7 heteroatoms. The zero-order valence-corrected chi connectivity index (χ0v) is 18.1. The van der Waals surface area contributed by atoms with Gasteiger partial charge in [-0.05, 0) is 67.6 Å². The van der Waals surface area contributed by atoms with Crippen LogP contribution in [0.1, 0.15) is 30.3 Å². The van der Waals surface area contributed by atoms with E-state index in [0.717, 1.165) is 64.4 Å². The van der Waals surface area contributed by atoms with Crippen LogP contribution in [-0.2, 0) is 7.05 Å². The summed E-state index contributed by atoms with van der Waals surface area (Å²) < 4.78 is 3.68. The number of nitrogens with zero attached hydrogens (tertiary/aromatic N) is 5. The molecule has 0 atom stereocenters. The van der Waals surface area contributed by atoms with Crippen molar-refractivity contribution in [3.63, 3.8) is 0 Å². The molecule has 1 fully saturated rings. The highest BCUT2D eigenvalue weighted by Crippen LogP contribution is 2.31. The van der Waals surface area contributed by atoms with E-state index < -0.39 is 0 Å². The number of aromatic nitrogens is 4. The lowest BCUT2D eigenvalue weighted by atomic mass is 9.42. The molecule has 0 bridgehead atoms. The second-order valence-corrected chi connectivity index (χ2v) is 8.73. The number of hydrogen-bond donors (Lipinski definition) is 0. The lowest BCUT2D eigenvalue weighted by Gasteiger charge is -2.26. The van der Waals surface area contributed by atoms with Crippen molar-refractivity contribution in [2.75, 3.05) is 0 Å². The van der Waals surface area contributed by atoms with Crippen LogP contribution >= 0.6 is 0 Å². The molecule has 0 aliphatic carbocycles. The average molecular weight is 409 g/mol. The molecule has 4 aromatic rings. The lowest BCUT2D eigenvalue weighted by Crippen LogP contribution is -2.32. The van der Waals surface area contributed by atoms with Crippen LogP contribution in [0.5, 0.6) is 0 Å². The first-order chi connectivity index (χ1) is 14.9. The Morgan fingerprint density at radius 3 is 2.65 bits per heavy atom. The molecule has 0 N–H and O–H groups in total. The molecule has 0 unspecified atom stereocenters. The molecule has 1 aliphatic rings. The monoisotopic (exact) mass is 409 g/mol. The summed E-state index contributed by atoms with van der Waals surface area (Å²) in [5.74, 6) is 3.11. The summed E-state index contributed by atoms with van der Waals surface area (Å²) in [5, 5.41) is 15.4. The van der Waals surface area contributed by atoms with Crippen molar-refractivity contribution in [2.24, 2.45) is 7.05 Å². The number of rotatable bonds is 2. The SMILES string of the molecule is Cc1cc(-c2ccc3c(=O)n(C4CCB(C#N)CC4)c(C)nc3c2)cc2cn(C)nc12. The van der Waals surface area contributed by atoms with Crippen LogP contribution in [0.25, 0.3) is 32.9 Å². The van der Waals surface area contributed by atoms with E-state index in [1.54, 1.807) is 0 Å². The predicted molar refractivity (Wildman–Crippen MR) is 124 cm³/mol. The van der Waals surface area contributed by atoms with Gasteiger partial charge in [-0.3, -0.25) is 14.0 Å². The van der Waals surface area contributed by atoms with E-state index in [-0.39, 0.29) is 18.3 Å². The second-order valence-electron chi connectivity index (χ2n) is 8.73. The summed E-state index contributed by atoms with van der Waals surface area (Å²) in [6.45, 7) is 4.10. The summed E-state index contributed by atoms with van der Waals surface area (Å²) >= 11 is 0. The van der Waals surface area contributed by atoms with E-state index in [2.05, 4.69) is 30.1 Å². The van der Waals surface area contributed by atoms with Crippen molar-refractivity contribution >= 4 is 28.5 Å². The molecule has 2 aromatic heterocycles. The molecule has 3 heterocycles. The van der Waals surface area contributed by atoms with E-state index in [9.17, 15) is 4.79 Å². The average Bonchev–Trinajstić information content (AvgIpc) is 3.14. The molecular weight excluding hydrogens is 385 g/mol. The third-order valence-electron chi connectivity index (χ3n) is 6.57. The number of nitriles is 1. The number of hydrogen-bond acceptors (Lipinski definition) is 4. The van der Waals surface area contributed by atoms with E-state index in [1.807, 2.05) is 47.6 Å². The van der Waals surface area contributed by atoms with Gasteiger partial charge in [-0.1, -0.05) is 18.7 Å². The number of fused-ring (bicyclic) bond motifs is 2. The first-order valence-electron chi connectivity index (χ1n) is 10.8. The molecular formula is C24H24BN5O. The summed E-state index contributed by atoms with van der Waals surface area (Å²) in [6.07, 6.45) is 5.43. The van der Waals surface area contributed by atoms with Crippen LogP contribution in [0, 0.1) is 25.1 Å². The van der Waals surface area contributed by atoms with Crippen LogP contribution in [0.15, 0.2) is 41.3 Å². The van der Waals surface area contributed by atoms with Crippen molar-refractivity contribution in [1.82, 2.24) is 19.3 Å². The lowest BCUT2D eigenvalue weighted by molar-refractivity contribution is 0.430. The molecule has 0 saturated carbocycles. The first kappa shape index (κ1) is 19.6. The fourth-order valence-electron chi connectivity index (χ4n) is 4.98. The van der Waals surface area contributed by atoms with Gasteiger partial charge in [0.1, 0.15) is 5.82 Å². The maximum Gasteiger partial charge on any atom is 0.268 e. The van der Waals surface area contributed by atoms with Gasteiger partial charge in [-0.25, -0.2) is 10.2 Å². The second kappa shape index (κ2) is 7.38. The normalized spacial score (nSPS) is 15.0. The van der Waals surface area contributed by atoms with Gasteiger partial charge in [0.15, 0.2) is 0 Å². The van der Waals surface area contributed by atoms with E-state index in [0.29, 0.717) is 5.39 Å². The molecule has 1 saturated heterocycles. The van der Waals surface area contributed by atoms with Gasteiger partial charge in [0.2, 0.25) is 0 Å². The Kier molecular flexibility index (Phi) is 4.66. The zero-order chi connectivity index (χ0) is 21.7. The molecule has 0 amide bonds. The topological polar surface area (TPSA) is 76.5 Å². The third-order valence-corrected chi connectivity index (χ3v) is 6.57. The van der Waals surface area contributed by atoms with E-state index in [1.165, 1.54) is 0 Å². The van der Waals surface area contributed by atoms with Gasteiger partial charge in [0.05, 0.1) is 16.4 Å². The van der Waals surface area contributed by atoms with Crippen LogP contribution in [-0.4, -0.2) is 26.0 Å². The fourth-order valence-corrected chi connectivity index (χ4v) is 4.98. The minimum absolute atomic E-state index is 0.0216. The van der Waals surface area contributed by atoms with Gasteiger partial charge in [-0.2, -0.15) is 5.10 Å². The summed E-state index contributed by atoms with van der Waals surface area (Å²) in [7, 11) is 1.93. The molecule has 6 nitrogen and oxygen atoms in total. The summed E-state index contributed by atoms with van der Waals surface area (Å²) in [5.41, 5.74) is 5.02. The third kappa shape index (κ3) is 3.32. The Labute approximate surface area is 181 Å².